The fourth-order valence-electron chi connectivity index (χ4n) is 1.21. The van der Waals surface area contributed by atoms with Crippen molar-refractivity contribution in [2.75, 3.05) is 26.2 Å². The number of amides is 1. The minimum absolute atomic E-state index is 0.139. The largest absolute Gasteiger partial charge is 0.354 e. The molecule has 0 spiro atoms. The Balaban J connectivity index is 2.39. The molecule has 0 aromatic rings. The summed E-state index contributed by atoms with van der Waals surface area (Å²) in [6.07, 6.45) is 0. The Morgan fingerprint density at radius 3 is 2.00 bits per heavy atom. The van der Waals surface area contributed by atoms with E-state index in [1.54, 1.807) is 6.92 Å². The number of hydrogen-bond donors (Lipinski definition) is 1. The second-order valence-electron chi connectivity index (χ2n) is 2.78. The highest BCUT2D eigenvalue weighted by Gasteiger charge is 2.18. The van der Waals surface area contributed by atoms with Crippen molar-refractivity contribution in [2.45, 2.75) is 6.92 Å². The lowest BCUT2D eigenvalue weighted by atomic mass is 10.3. The molecule has 1 fully saturated rings. The molecule has 3 nitrogen and oxygen atoms in total. The molecule has 1 aliphatic heterocycles. The third kappa shape index (κ3) is 2.35. The van der Waals surface area contributed by atoms with Crippen molar-refractivity contribution in [1.82, 2.24) is 9.80 Å². The monoisotopic (exact) mass is 204 g/mol. The van der Waals surface area contributed by atoms with Gasteiger partial charge in [-0.3, -0.25) is 4.79 Å². The topological polar surface area (TPSA) is 23.6 Å². The second-order valence-corrected chi connectivity index (χ2v) is 3.89. The zero-order chi connectivity index (χ0) is 9.14. The first-order valence-electron chi connectivity index (χ1n) is 3.84. The van der Waals surface area contributed by atoms with E-state index in [9.17, 15) is 4.79 Å². The van der Waals surface area contributed by atoms with Gasteiger partial charge in [0.1, 0.15) is 4.32 Å². The Bertz CT molecular complexity index is 178. The fraction of sp³-hybridized carbons (Fsp3) is 0.714. The second kappa shape index (κ2) is 4.09. The molecule has 12 heavy (non-hydrogen) atoms. The number of carbonyl (C=O) groups excluding carboxylic acids is 1. The van der Waals surface area contributed by atoms with Gasteiger partial charge in [0.15, 0.2) is 0 Å². The van der Waals surface area contributed by atoms with Crippen LogP contribution in [0.25, 0.3) is 0 Å². The van der Waals surface area contributed by atoms with Gasteiger partial charge in [-0.15, -0.1) is 12.6 Å². The molecule has 0 aromatic heterocycles. The van der Waals surface area contributed by atoms with Gasteiger partial charge in [-0.2, -0.15) is 0 Å². The van der Waals surface area contributed by atoms with Crippen LogP contribution >= 0.6 is 24.8 Å². The van der Waals surface area contributed by atoms with E-state index in [0.717, 1.165) is 26.2 Å². The van der Waals surface area contributed by atoms with Gasteiger partial charge in [0.2, 0.25) is 5.91 Å². The molecule has 0 aliphatic carbocycles. The first kappa shape index (κ1) is 9.80. The number of thiocarbonyl (C=S) groups is 1. The summed E-state index contributed by atoms with van der Waals surface area (Å²) < 4.78 is 0.623. The Kier molecular flexibility index (Phi) is 3.34. The predicted octanol–water partition coefficient (Wildman–Crippen LogP) is 0.365. The molecule has 68 valence electrons. The zero-order valence-electron chi connectivity index (χ0n) is 6.99. The molecule has 1 amide bonds. The molecule has 1 heterocycles. The number of nitrogens with zero attached hydrogens (tertiary/aromatic N) is 2. The molecule has 0 unspecified atom stereocenters. The maximum absolute atomic E-state index is 10.9. The lowest BCUT2D eigenvalue weighted by molar-refractivity contribution is -0.130. The van der Waals surface area contributed by atoms with Gasteiger partial charge in [-0.05, 0) is 0 Å². The number of piperazine rings is 1. The van der Waals surface area contributed by atoms with E-state index in [0.29, 0.717) is 4.32 Å². The van der Waals surface area contributed by atoms with E-state index >= 15 is 0 Å². The molecule has 1 aliphatic rings. The smallest absolute Gasteiger partial charge is 0.219 e. The van der Waals surface area contributed by atoms with Crippen molar-refractivity contribution < 1.29 is 4.79 Å². The molecule has 0 bridgehead atoms. The van der Waals surface area contributed by atoms with Crippen LogP contribution in [0.1, 0.15) is 6.92 Å². The summed E-state index contributed by atoms with van der Waals surface area (Å²) >= 11 is 8.98. The van der Waals surface area contributed by atoms with Crippen LogP contribution < -0.4 is 0 Å². The van der Waals surface area contributed by atoms with Crippen molar-refractivity contribution in [1.29, 1.82) is 0 Å². The Labute approximate surface area is 83.1 Å². The van der Waals surface area contributed by atoms with Gasteiger partial charge < -0.3 is 9.80 Å². The average molecular weight is 204 g/mol. The number of thiol groups is 1. The van der Waals surface area contributed by atoms with E-state index < -0.39 is 0 Å². The van der Waals surface area contributed by atoms with Crippen LogP contribution in [0.2, 0.25) is 0 Å². The van der Waals surface area contributed by atoms with E-state index in [2.05, 4.69) is 12.6 Å². The van der Waals surface area contributed by atoms with Gasteiger partial charge in [-0.25, -0.2) is 0 Å². The summed E-state index contributed by atoms with van der Waals surface area (Å²) in [4.78, 5) is 14.8. The molecule has 0 aromatic carbocycles. The highest BCUT2D eigenvalue weighted by Crippen LogP contribution is 2.04. The molecule has 0 atom stereocenters. The maximum atomic E-state index is 10.9. The first-order valence-corrected chi connectivity index (χ1v) is 4.70. The van der Waals surface area contributed by atoms with E-state index in [4.69, 9.17) is 12.2 Å². The van der Waals surface area contributed by atoms with Crippen molar-refractivity contribution in [3.63, 3.8) is 0 Å². The maximum Gasteiger partial charge on any atom is 0.219 e. The molecule has 0 radical (unpaired) electrons. The molecule has 1 saturated heterocycles. The summed E-state index contributed by atoms with van der Waals surface area (Å²) in [5.74, 6) is 0.139. The predicted molar refractivity (Wildman–Crippen MR) is 55.4 cm³/mol. The molecular weight excluding hydrogens is 192 g/mol. The molecule has 1 rings (SSSR count). The number of hydrogen-bond acceptors (Lipinski definition) is 2. The SMILES string of the molecule is CC(=O)N1CCN(C(=S)S)CC1. The fourth-order valence-corrected chi connectivity index (χ4v) is 1.60. The van der Waals surface area contributed by atoms with Crippen molar-refractivity contribution >= 4 is 35.1 Å². The van der Waals surface area contributed by atoms with E-state index in [-0.39, 0.29) is 5.91 Å². The van der Waals surface area contributed by atoms with Crippen LogP contribution in [-0.4, -0.2) is 46.2 Å². The Morgan fingerprint density at radius 1 is 1.25 bits per heavy atom. The van der Waals surface area contributed by atoms with Gasteiger partial charge in [0, 0.05) is 33.1 Å². The van der Waals surface area contributed by atoms with Crippen LogP contribution in [-0.2, 0) is 4.79 Å². The summed E-state index contributed by atoms with van der Waals surface area (Å²) in [6.45, 7) is 4.73. The minimum atomic E-state index is 0.139. The van der Waals surface area contributed by atoms with E-state index in [1.165, 1.54) is 0 Å². The van der Waals surface area contributed by atoms with Crippen LogP contribution in [0.4, 0.5) is 0 Å². The van der Waals surface area contributed by atoms with Crippen LogP contribution in [0.5, 0.6) is 0 Å². The Hall–Kier alpha value is -0.290. The van der Waals surface area contributed by atoms with Gasteiger partial charge >= 0.3 is 0 Å². The summed E-state index contributed by atoms with van der Waals surface area (Å²) in [5, 5.41) is 0. The molecule has 5 heteroatoms. The Morgan fingerprint density at radius 2 is 1.67 bits per heavy atom. The highest BCUT2D eigenvalue weighted by molar-refractivity contribution is 8.10. The van der Waals surface area contributed by atoms with Crippen molar-refractivity contribution in [3.05, 3.63) is 0 Å². The summed E-state index contributed by atoms with van der Waals surface area (Å²) in [5.41, 5.74) is 0. The normalized spacial score (nSPS) is 17.8. The summed E-state index contributed by atoms with van der Waals surface area (Å²) in [6, 6.07) is 0. The molecule has 0 saturated carbocycles. The van der Waals surface area contributed by atoms with E-state index in [1.807, 2.05) is 9.80 Å². The van der Waals surface area contributed by atoms with Crippen LogP contribution in [0, 0.1) is 0 Å². The van der Waals surface area contributed by atoms with Crippen molar-refractivity contribution in [3.8, 4) is 0 Å². The standard InChI is InChI=1S/C7H12N2OS2/c1-6(10)8-2-4-9(5-3-8)7(11)12/h2-5H2,1H3,(H,11,12). The quantitative estimate of drug-likeness (QED) is 0.455. The average Bonchev–Trinajstić information content (AvgIpc) is 2.04. The zero-order valence-corrected chi connectivity index (χ0v) is 8.70. The van der Waals surface area contributed by atoms with Gasteiger partial charge in [-0.1, -0.05) is 12.2 Å². The van der Waals surface area contributed by atoms with Gasteiger partial charge in [0.05, 0.1) is 0 Å². The third-order valence-corrected chi connectivity index (χ3v) is 2.54. The number of carbonyl (C=O) groups is 1. The van der Waals surface area contributed by atoms with Gasteiger partial charge in [0.25, 0.3) is 0 Å². The lowest BCUT2D eigenvalue weighted by Crippen LogP contribution is -2.48. The first-order chi connectivity index (χ1) is 5.61. The lowest BCUT2D eigenvalue weighted by Gasteiger charge is -2.34. The van der Waals surface area contributed by atoms with Crippen LogP contribution in [0.3, 0.4) is 0 Å². The minimum Gasteiger partial charge on any atom is -0.354 e. The highest BCUT2D eigenvalue weighted by atomic mass is 32.1. The molecule has 0 N–H and O–H groups in total. The molecular formula is C7H12N2OS2. The number of rotatable bonds is 0. The third-order valence-electron chi connectivity index (χ3n) is 2.00. The summed E-state index contributed by atoms with van der Waals surface area (Å²) in [7, 11) is 0. The van der Waals surface area contributed by atoms with Crippen LogP contribution in [0.15, 0.2) is 0 Å². The van der Waals surface area contributed by atoms with Crippen molar-refractivity contribution in [2.24, 2.45) is 0 Å².